The average Bonchev–Trinajstić information content (AvgIpc) is 3.65. The number of nitrogens with two attached hydrogens (primary N) is 1. The van der Waals surface area contributed by atoms with Crippen molar-refractivity contribution in [2.45, 2.75) is 110 Å². The molecule has 0 aromatic rings. The third-order valence-corrected chi connectivity index (χ3v) is 10.7. The van der Waals surface area contributed by atoms with Crippen molar-refractivity contribution in [2.75, 3.05) is 26.2 Å². The van der Waals surface area contributed by atoms with Crippen LogP contribution in [-0.4, -0.2) is 104 Å². The number of nitrogens with zero attached hydrogens (tertiary/aromatic N) is 1. The molecule has 2 fully saturated rings. The number of carbonyl (C=O) groups is 4. The van der Waals surface area contributed by atoms with E-state index in [0.717, 1.165) is 12.8 Å². The first-order valence-electron chi connectivity index (χ1n) is 16.1. The van der Waals surface area contributed by atoms with Gasteiger partial charge in [-0.3, -0.25) is 34.4 Å². The van der Waals surface area contributed by atoms with Gasteiger partial charge >= 0.3 is 0 Å². The molecule has 0 radical (unpaired) electrons. The number of ketones is 1. The summed E-state index contributed by atoms with van der Waals surface area (Å²) in [5.74, 6) is -3.30. The quantitative estimate of drug-likeness (QED) is 0.0303. The van der Waals surface area contributed by atoms with Crippen LogP contribution in [0.5, 0.6) is 0 Å². The Labute approximate surface area is 286 Å². The summed E-state index contributed by atoms with van der Waals surface area (Å²) in [6.45, 7) is 20.8. The van der Waals surface area contributed by atoms with Crippen LogP contribution in [0.3, 0.4) is 0 Å². The fraction of sp³-hybridized carbons (Fsp3) is 0.806. The molecule has 1 saturated heterocycles. The highest BCUT2D eigenvalue weighted by molar-refractivity contribution is 8.01. The fourth-order valence-corrected chi connectivity index (χ4v) is 7.03. The van der Waals surface area contributed by atoms with Crippen molar-refractivity contribution in [3.63, 3.8) is 0 Å². The predicted octanol–water partition coefficient (Wildman–Crippen LogP) is 0.408. The van der Waals surface area contributed by atoms with Crippen LogP contribution >= 0.6 is 11.8 Å². The van der Waals surface area contributed by atoms with E-state index in [2.05, 4.69) is 32.6 Å². The molecule has 0 aromatic heterocycles. The molecule has 270 valence electrons. The highest BCUT2D eigenvalue weighted by Crippen LogP contribution is 2.42. The molecular formula is C31H57N7O7S2. The lowest BCUT2D eigenvalue weighted by Crippen LogP contribution is -2.64. The first-order chi connectivity index (χ1) is 21.6. The maximum atomic E-state index is 14.4. The zero-order valence-electron chi connectivity index (χ0n) is 29.1. The average molecular weight is 704 g/mol. The standard InChI is InChI=1S/C31H57N7O7S2/c1-10-31(8,9)19-13-16-38(21(19)25(41)37-26(22(39)24(32)40)46-18-11-12-18)27(42)23(30(5,6)7)36-28(43)35-20(29(2,3)4)17-33-14-15-34-47(44)45/h10,18-21,23,26,28,33-36,43H,1,11-17H2,2-9H3,(H2,32,40)(H,37,41)(H,44,45)/t19-,20+,21-,23+,26?,28?/m0/s1. The summed E-state index contributed by atoms with van der Waals surface area (Å²) in [6, 6.07) is -2.16. The molecule has 3 amide bonds. The smallest absolute Gasteiger partial charge is 0.287 e. The summed E-state index contributed by atoms with van der Waals surface area (Å²) in [7, 11) is 0. The molecule has 14 nitrogen and oxygen atoms in total. The third kappa shape index (κ3) is 12.5. The number of aliphatic hydroxyl groups excluding tert-OH is 1. The van der Waals surface area contributed by atoms with Gasteiger partial charge in [0.15, 0.2) is 6.35 Å². The van der Waals surface area contributed by atoms with Crippen LogP contribution < -0.4 is 31.7 Å². The molecule has 2 aliphatic rings. The number of hydrogen-bond donors (Lipinski definition) is 8. The van der Waals surface area contributed by atoms with E-state index in [1.165, 1.54) is 16.7 Å². The summed E-state index contributed by atoms with van der Waals surface area (Å²) >= 11 is -0.903. The van der Waals surface area contributed by atoms with Crippen molar-refractivity contribution in [1.29, 1.82) is 0 Å². The highest BCUT2D eigenvalue weighted by Gasteiger charge is 2.51. The lowest BCUT2D eigenvalue weighted by molar-refractivity contribution is -0.145. The Morgan fingerprint density at radius 1 is 1.02 bits per heavy atom. The fourth-order valence-electron chi connectivity index (χ4n) is 5.54. The molecule has 7 atom stereocenters. The lowest BCUT2D eigenvalue weighted by Gasteiger charge is -2.40. The summed E-state index contributed by atoms with van der Waals surface area (Å²) < 4.78 is 22.2. The topological polar surface area (TPSA) is 215 Å². The molecule has 1 heterocycles. The minimum Gasteiger partial charge on any atom is -0.365 e. The maximum Gasteiger partial charge on any atom is 0.287 e. The summed E-state index contributed by atoms with van der Waals surface area (Å²) in [5, 5.41) is 22.4. The number of rotatable bonds is 19. The second-order valence-corrected chi connectivity index (χ2v) is 17.3. The van der Waals surface area contributed by atoms with Gasteiger partial charge in [0.2, 0.25) is 23.1 Å². The molecule has 0 bridgehead atoms. The molecule has 0 aromatic carbocycles. The number of nitrogens with one attached hydrogen (secondary N) is 5. The number of thioether (sulfide) groups is 1. The summed E-state index contributed by atoms with van der Waals surface area (Å²) in [4.78, 5) is 54.4. The lowest BCUT2D eigenvalue weighted by atomic mass is 9.74. The third-order valence-electron chi connectivity index (χ3n) is 8.76. The molecule has 16 heteroatoms. The normalized spacial score (nSPS) is 22.2. The van der Waals surface area contributed by atoms with Gasteiger partial charge in [-0.05, 0) is 41.4 Å². The van der Waals surface area contributed by atoms with Gasteiger partial charge in [-0.2, -0.15) is 0 Å². The number of aliphatic hydroxyl groups is 1. The summed E-state index contributed by atoms with van der Waals surface area (Å²) in [6.07, 6.45) is 2.69. The Morgan fingerprint density at radius 3 is 2.13 bits per heavy atom. The Bertz CT molecular complexity index is 1150. The van der Waals surface area contributed by atoms with E-state index in [4.69, 9.17) is 10.3 Å². The van der Waals surface area contributed by atoms with Crippen molar-refractivity contribution < 1.29 is 33.0 Å². The van der Waals surface area contributed by atoms with Crippen molar-refractivity contribution in [1.82, 2.24) is 30.9 Å². The van der Waals surface area contributed by atoms with E-state index in [9.17, 15) is 28.5 Å². The second-order valence-electron chi connectivity index (χ2n) is 15.2. The number of carbonyl (C=O) groups excluding carboxylic acids is 4. The van der Waals surface area contributed by atoms with Gasteiger partial charge in [0.05, 0.1) is 6.04 Å². The minimum atomic E-state index is -2.10. The molecule has 9 N–H and O–H groups in total. The van der Waals surface area contributed by atoms with Gasteiger partial charge in [-0.1, -0.05) is 61.5 Å². The number of primary amides is 1. The van der Waals surface area contributed by atoms with Crippen LogP contribution in [0.25, 0.3) is 0 Å². The Balaban J connectivity index is 2.31. The molecule has 47 heavy (non-hydrogen) atoms. The van der Waals surface area contributed by atoms with Gasteiger partial charge in [-0.15, -0.1) is 18.3 Å². The predicted molar refractivity (Wildman–Crippen MR) is 185 cm³/mol. The number of likely N-dealkylation sites (tertiary alicyclic amines) is 1. The first kappa shape index (κ1) is 41.3. The molecule has 1 saturated carbocycles. The number of hydrogen-bond acceptors (Lipinski definition) is 10. The van der Waals surface area contributed by atoms with Gasteiger partial charge < -0.3 is 26.4 Å². The monoisotopic (exact) mass is 703 g/mol. The zero-order valence-corrected chi connectivity index (χ0v) is 30.7. The van der Waals surface area contributed by atoms with Crippen molar-refractivity contribution in [3.05, 3.63) is 12.7 Å². The van der Waals surface area contributed by atoms with Gasteiger partial charge in [0.25, 0.3) is 11.7 Å². The molecule has 3 unspecified atom stereocenters. The zero-order chi connectivity index (χ0) is 35.9. The SMILES string of the molecule is C=CC(C)(C)[C@H]1CCN(C(=O)[C@@H](NC(O)N[C@H](CNCCNS(=O)O)C(C)(C)C)C(C)(C)C)[C@@H]1C(=O)NC(SC1CC1)C(=O)C(N)=O. The van der Waals surface area contributed by atoms with Crippen molar-refractivity contribution in [2.24, 2.45) is 27.9 Å². The largest absolute Gasteiger partial charge is 0.365 e. The van der Waals surface area contributed by atoms with E-state index in [1.54, 1.807) is 6.08 Å². The molecular weight excluding hydrogens is 647 g/mol. The van der Waals surface area contributed by atoms with Crippen molar-refractivity contribution >= 4 is 46.5 Å². The number of allylic oxidation sites excluding steroid dienone is 1. The second kappa shape index (κ2) is 17.1. The van der Waals surface area contributed by atoms with E-state index >= 15 is 0 Å². The molecule has 0 spiro atoms. The van der Waals surface area contributed by atoms with Gasteiger partial charge in [0, 0.05) is 37.5 Å². The maximum absolute atomic E-state index is 14.4. The molecule has 1 aliphatic heterocycles. The van der Waals surface area contributed by atoms with Crippen LogP contribution in [0.1, 0.15) is 74.7 Å². The van der Waals surface area contributed by atoms with Gasteiger partial charge in [-0.25, -0.2) is 8.93 Å². The van der Waals surface area contributed by atoms with Crippen LogP contribution in [0.2, 0.25) is 0 Å². The Kier molecular flexibility index (Phi) is 15.0. The van der Waals surface area contributed by atoms with Gasteiger partial charge in [0.1, 0.15) is 11.4 Å². The Hall–Kier alpha value is -1.92. The number of amides is 3. The molecule has 1 aliphatic carbocycles. The first-order valence-corrected chi connectivity index (χ1v) is 18.1. The van der Waals surface area contributed by atoms with E-state index < -0.39 is 63.5 Å². The van der Waals surface area contributed by atoms with Crippen molar-refractivity contribution in [3.8, 4) is 0 Å². The van der Waals surface area contributed by atoms with Crippen LogP contribution in [0, 0.1) is 22.2 Å². The van der Waals surface area contributed by atoms with Crippen LogP contribution in [-0.2, 0) is 30.4 Å². The van der Waals surface area contributed by atoms with E-state index in [-0.39, 0.29) is 41.6 Å². The van der Waals surface area contributed by atoms with Crippen LogP contribution in [0.15, 0.2) is 12.7 Å². The highest BCUT2D eigenvalue weighted by atomic mass is 32.2. The Morgan fingerprint density at radius 2 is 1.64 bits per heavy atom. The summed E-state index contributed by atoms with van der Waals surface area (Å²) in [5.41, 5.74) is 3.74. The molecule has 2 rings (SSSR count). The van der Waals surface area contributed by atoms with E-state index in [1.807, 2.05) is 55.4 Å². The minimum absolute atomic E-state index is 0.142. The van der Waals surface area contributed by atoms with E-state index in [0.29, 0.717) is 19.5 Å². The number of Topliss-reactive ketones (excluding diaryl/α,β-unsaturated/α-hetero) is 1. The van der Waals surface area contributed by atoms with Crippen LogP contribution in [0.4, 0.5) is 0 Å².